The van der Waals surface area contributed by atoms with Crippen molar-refractivity contribution in [2.75, 3.05) is 6.61 Å². The number of rotatable bonds is 4. The van der Waals surface area contributed by atoms with Crippen LogP contribution in [0.4, 0.5) is 0 Å². The van der Waals surface area contributed by atoms with E-state index in [2.05, 4.69) is 0 Å². The number of hydrogen-bond donors (Lipinski definition) is 0. The first-order chi connectivity index (χ1) is 8.22. The van der Waals surface area contributed by atoms with Crippen LogP contribution >= 0.6 is 0 Å². The van der Waals surface area contributed by atoms with Crippen LogP contribution in [-0.2, 0) is 4.74 Å². The molecule has 1 heterocycles. The molecule has 0 bridgehead atoms. The maximum Gasteiger partial charge on any atom is 0.374 e. The standard InChI is InChI=1S/C13H16O4/c1-2-16-13(15)11-8-7-10(17-11)12(14)9-5-3-4-6-9/h7-9H,2-6H2,1H3. The van der Waals surface area contributed by atoms with Gasteiger partial charge in [0.1, 0.15) is 0 Å². The highest BCUT2D eigenvalue weighted by Gasteiger charge is 2.26. The number of esters is 1. The van der Waals surface area contributed by atoms with Crippen LogP contribution in [0.1, 0.15) is 53.7 Å². The summed E-state index contributed by atoms with van der Waals surface area (Å²) in [5.74, 6) is -0.0552. The molecule has 0 aromatic carbocycles. The van der Waals surface area contributed by atoms with E-state index in [4.69, 9.17) is 9.15 Å². The summed E-state index contributed by atoms with van der Waals surface area (Å²) in [6.45, 7) is 2.02. The van der Waals surface area contributed by atoms with E-state index in [1.807, 2.05) is 0 Å². The van der Waals surface area contributed by atoms with Crippen molar-refractivity contribution in [3.05, 3.63) is 23.7 Å². The van der Waals surface area contributed by atoms with E-state index in [9.17, 15) is 9.59 Å². The molecule has 1 aromatic heterocycles. The third kappa shape index (κ3) is 2.57. The van der Waals surface area contributed by atoms with Crippen molar-refractivity contribution in [1.29, 1.82) is 0 Å². The first-order valence-electron chi connectivity index (χ1n) is 6.03. The number of ether oxygens (including phenoxy) is 1. The van der Waals surface area contributed by atoms with Gasteiger partial charge in [-0.1, -0.05) is 12.8 Å². The fourth-order valence-electron chi connectivity index (χ4n) is 2.17. The molecule has 0 atom stereocenters. The average Bonchev–Trinajstić information content (AvgIpc) is 3.00. The molecular formula is C13H16O4. The lowest BCUT2D eigenvalue weighted by Crippen LogP contribution is -2.10. The van der Waals surface area contributed by atoms with Gasteiger partial charge in [-0.2, -0.15) is 0 Å². The van der Waals surface area contributed by atoms with Gasteiger partial charge < -0.3 is 9.15 Å². The van der Waals surface area contributed by atoms with Gasteiger partial charge in [0.2, 0.25) is 11.5 Å². The van der Waals surface area contributed by atoms with E-state index in [0.717, 1.165) is 25.7 Å². The molecular weight excluding hydrogens is 220 g/mol. The molecule has 92 valence electrons. The predicted octanol–water partition coefficient (Wildman–Crippen LogP) is 2.83. The molecule has 0 unspecified atom stereocenters. The van der Waals surface area contributed by atoms with Gasteiger partial charge in [-0.15, -0.1) is 0 Å². The number of carbonyl (C=O) groups excluding carboxylic acids is 2. The lowest BCUT2D eigenvalue weighted by Gasteiger charge is -2.04. The van der Waals surface area contributed by atoms with E-state index in [0.29, 0.717) is 6.61 Å². The van der Waals surface area contributed by atoms with Gasteiger partial charge in [-0.25, -0.2) is 4.79 Å². The number of ketones is 1. The Labute approximate surface area is 99.9 Å². The second-order valence-corrected chi connectivity index (χ2v) is 4.23. The van der Waals surface area contributed by atoms with Gasteiger partial charge in [0.05, 0.1) is 6.61 Å². The molecule has 0 amide bonds. The summed E-state index contributed by atoms with van der Waals surface area (Å²) < 4.78 is 10.1. The highest BCUT2D eigenvalue weighted by Crippen LogP contribution is 2.28. The van der Waals surface area contributed by atoms with Crippen molar-refractivity contribution in [3.63, 3.8) is 0 Å². The first kappa shape index (κ1) is 11.9. The van der Waals surface area contributed by atoms with Crippen molar-refractivity contribution >= 4 is 11.8 Å². The zero-order valence-electron chi connectivity index (χ0n) is 9.90. The van der Waals surface area contributed by atoms with E-state index >= 15 is 0 Å². The molecule has 1 saturated carbocycles. The highest BCUT2D eigenvalue weighted by molar-refractivity contribution is 5.97. The Kier molecular flexibility index (Phi) is 3.61. The molecule has 2 rings (SSSR count). The van der Waals surface area contributed by atoms with Crippen molar-refractivity contribution in [1.82, 2.24) is 0 Å². The fourth-order valence-corrected chi connectivity index (χ4v) is 2.17. The lowest BCUT2D eigenvalue weighted by molar-refractivity contribution is 0.0488. The van der Waals surface area contributed by atoms with Crippen molar-refractivity contribution in [2.45, 2.75) is 32.6 Å². The third-order valence-electron chi connectivity index (χ3n) is 3.05. The van der Waals surface area contributed by atoms with Crippen LogP contribution < -0.4 is 0 Å². The molecule has 17 heavy (non-hydrogen) atoms. The van der Waals surface area contributed by atoms with Gasteiger partial charge in [0.15, 0.2) is 5.76 Å². The molecule has 0 aliphatic heterocycles. The second kappa shape index (κ2) is 5.17. The Bertz CT molecular complexity index is 413. The van der Waals surface area contributed by atoms with Crippen molar-refractivity contribution in [2.24, 2.45) is 5.92 Å². The van der Waals surface area contributed by atoms with Crippen LogP contribution in [0.5, 0.6) is 0 Å². The van der Waals surface area contributed by atoms with Crippen molar-refractivity contribution in [3.8, 4) is 0 Å². The quantitative estimate of drug-likeness (QED) is 0.595. The van der Waals surface area contributed by atoms with Gasteiger partial charge in [0, 0.05) is 5.92 Å². The topological polar surface area (TPSA) is 56.5 Å². The summed E-state index contributed by atoms with van der Waals surface area (Å²) in [7, 11) is 0. The van der Waals surface area contributed by atoms with E-state index in [1.54, 1.807) is 13.0 Å². The van der Waals surface area contributed by atoms with Crippen LogP contribution in [-0.4, -0.2) is 18.4 Å². The monoisotopic (exact) mass is 236 g/mol. The zero-order valence-corrected chi connectivity index (χ0v) is 9.90. The highest BCUT2D eigenvalue weighted by atomic mass is 16.5. The summed E-state index contributed by atoms with van der Waals surface area (Å²) in [4.78, 5) is 23.4. The first-order valence-corrected chi connectivity index (χ1v) is 6.03. The molecule has 0 saturated heterocycles. The summed E-state index contributed by atoms with van der Waals surface area (Å²) >= 11 is 0. The Balaban J connectivity index is 2.07. The minimum Gasteiger partial charge on any atom is -0.460 e. The van der Waals surface area contributed by atoms with E-state index < -0.39 is 5.97 Å². The third-order valence-corrected chi connectivity index (χ3v) is 3.05. The molecule has 4 nitrogen and oxygen atoms in total. The molecule has 4 heteroatoms. The Morgan fingerprint density at radius 3 is 2.59 bits per heavy atom. The van der Waals surface area contributed by atoms with Crippen LogP contribution in [0.15, 0.2) is 16.5 Å². The van der Waals surface area contributed by atoms with Gasteiger partial charge in [-0.3, -0.25) is 4.79 Å². The Morgan fingerprint density at radius 1 is 1.29 bits per heavy atom. The number of carbonyl (C=O) groups is 2. The number of furan rings is 1. The van der Waals surface area contributed by atoms with Crippen LogP contribution in [0, 0.1) is 5.92 Å². The predicted molar refractivity (Wildman–Crippen MR) is 61.0 cm³/mol. The van der Waals surface area contributed by atoms with E-state index in [-0.39, 0.29) is 23.2 Å². The van der Waals surface area contributed by atoms with Crippen LogP contribution in [0.25, 0.3) is 0 Å². The molecule has 0 N–H and O–H groups in total. The zero-order chi connectivity index (χ0) is 12.3. The molecule has 1 aliphatic carbocycles. The normalized spacial score (nSPS) is 16.1. The van der Waals surface area contributed by atoms with Gasteiger partial charge in [-0.05, 0) is 31.9 Å². The van der Waals surface area contributed by atoms with Crippen LogP contribution in [0.3, 0.4) is 0 Å². The largest absolute Gasteiger partial charge is 0.460 e. The molecule has 1 aliphatic rings. The average molecular weight is 236 g/mol. The summed E-state index contributed by atoms with van der Waals surface area (Å²) in [5, 5.41) is 0. The summed E-state index contributed by atoms with van der Waals surface area (Å²) in [6, 6.07) is 3.06. The van der Waals surface area contributed by atoms with Gasteiger partial charge >= 0.3 is 5.97 Å². The van der Waals surface area contributed by atoms with E-state index in [1.165, 1.54) is 6.07 Å². The summed E-state index contributed by atoms with van der Waals surface area (Å²) in [5.41, 5.74) is 0. The maximum absolute atomic E-state index is 12.0. The minimum atomic E-state index is -0.516. The lowest BCUT2D eigenvalue weighted by atomic mass is 10.0. The second-order valence-electron chi connectivity index (χ2n) is 4.23. The summed E-state index contributed by atoms with van der Waals surface area (Å²) in [6.07, 6.45) is 4.05. The Morgan fingerprint density at radius 2 is 1.94 bits per heavy atom. The Hall–Kier alpha value is -1.58. The minimum absolute atomic E-state index is 0.0121. The number of hydrogen-bond acceptors (Lipinski definition) is 4. The smallest absolute Gasteiger partial charge is 0.374 e. The SMILES string of the molecule is CCOC(=O)c1ccc(C(=O)C2CCCC2)o1. The van der Waals surface area contributed by atoms with Crippen molar-refractivity contribution < 1.29 is 18.7 Å². The molecule has 0 spiro atoms. The molecule has 1 aromatic rings. The number of Topliss-reactive ketones (excluding diaryl/α,β-unsaturated/α-hetero) is 1. The fraction of sp³-hybridized carbons (Fsp3) is 0.538. The van der Waals surface area contributed by atoms with Crippen LogP contribution in [0.2, 0.25) is 0 Å². The molecule has 1 fully saturated rings. The van der Waals surface area contributed by atoms with Gasteiger partial charge in [0.25, 0.3) is 0 Å². The maximum atomic E-state index is 12.0. The molecule has 0 radical (unpaired) electrons.